The number of unbranched alkanes of at least 4 members (excludes halogenated alkanes) is 23. The monoisotopic (exact) mass is 681 g/mol. The van der Waals surface area contributed by atoms with E-state index in [2.05, 4.69) is 27.7 Å². The molecule has 0 saturated heterocycles. The Labute approximate surface area is 298 Å². The lowest BCUT2D eigenvalue weighted by molar-refractivity contribution is -0.167. The number of hydrogen-bond acceptors (Lipinski definition) is 6. The summed E-state index contributed by atoms with van der Waals surface area (Å²) in [6.45, 7) is 8.94. The van der Waals surface area contributed by atoms with Crippen molar-refractivity contribution in [3.05, 3.63) is 0 Å². The Kier molecular flexibility index (Phi) is 35.5. The third kappa shape index (κ3) is 34.3. The van der Waals surface area contributed by atoms with Gasteiger partial charge in [-0.2, -0.15) is 0 Å². The van der Waals surface area contributed by atoms with Crippen molar-refractivity contribution in [2.75, 3.05) is 13.2 Å². The predicted molar refractivity (Wildman–Crippen MR) is 201 cm³/mol. The smallest absolute Gasteiger partial charge is 0.306 e. The molecule has 0 radical (unpaired) electrons. The Morgan fingerprint density at radius 1 is 0.417 bits per heavy atom. The predicted octanol–water partition coefficient (Wildman–Crippen LogP) is 12.8. The van der Waals surface area contributed by atoms with Crippen LogP contribution in [0.1, 0.15) is 227 Å². The zero-order chi connectivity index (χ0) is 35.3. The number of carbonyl (C=O) groups excluding carboxylic acids is 3. The summed E-state index contributed by atoms with van der Waals surface area (Å²) < 4.78 is 16.6. The van der Waals surface area contributed by atoms with Gasteiger partial charge in [0.15, 0.2) is 6.10 Å². The van der Waals surface area contributed by atoms with E-state index in [1.54, 1.807) is 0 Å². The lowest BCUT2D eigenvalue weighted by Gasteiger charge is -2.18. The van der Waals surface area contributed by atoms with Crippen molar-refractivity contribution in [3.8, 4) is 0 Å². The second-order valence-corrected chi connectivity index (χ2v) is 14.5. The first-order valence-corrected chi connectivity index (χ1v) is 20.9. The molecule has 0 aliphatic rings. The van der Waals surface area contributed by atoms with E-state index in [0.29, 0.717) is 19.3 Å². The molecule has 0 aromatic carbocycles. The molecule has 6 nitrogen and oxygen atoms in total. The van der Waals surface area contributed by atoms with Crippen LogP contribution in [-0.4, -0.2) is 37.2 Å². The third-order valence-corrected chi connectivity index (χ3v) is 9.65. The van der Waals surface area contributed by atoms with E-state index >= 15 is 0 Å². The average Bonchev–Trinajstić information content (AvgIpc) is 3.08. The number of hydrogen-bond donors (Lipinski definition) is 0. The Morgan fingerprint density at radius 2 is 0.729 bits per heavy atom. The summed E-state index contributed by atoms with van der Waals surface area (Å²) in [5, 5.41) is 0. The van der Waals surface area contributed by atoms with Crippen LogP contribution in [0.2, 0.25) is 0 Å². The first kappa shape index (κ1) is 46.4. The first-order chi connectivity index (χ1) is 23.4. The quantitative estimate of drug-likeness (QED) is 0.0369. The van der Waals surface area contributed by atoms with Gasteiger partial charge in [0.1, 0.15) is 13.2 Å². The number of carbonyl (C=O) groups is 3. The standard InChI is InChI=1S/C42H80O6/c1-5-8-10-12-14-16-21-25-29-33-40(43)46-36-39(48-42(45)35-31-27-23-17-15-13-11-9-6-2)37-47-41(44)34-30-26-22-19-18-20-24-28-32-38(4)7-3/h38-39H,5-37H2,1-4H3/t38?,39-/m1/s1. The largest absolute Gasteiger partial charge is 0.462 e. The number of ether oxygens (including phenoxy) is 3. The van der Waals surface area contributed by atoms with E-state index in [-0.39, 0.29) is 31.1 Å². The summed E-state index contributed by atoms with van der Waals surface area (Å²) in [6.07, 6.45) is 33.7. The molecule has 0 N–H and O–H groups in total. The maximum atomic E-state index is 12.6. The molecule has 0 aromatic rings. The maximum absolute atomic E-state index is 12.6. The molecule has 284 valence electrons. The van der Waals surface area contributed by atoms with Gasteiger partial charge in [0.2, 0.25) is 0 Å². The Balaban J connectivity index is 4.33. The van der Waals surface area contributed by atoms with Gasteiger partial charge in [0, 0.05) is 19.3 Å². The van der Waals surface area contributed by atoms with Crippen molar-refractivity contribution >= 4 is 17.9 Å². The molecule has 6 heteroatoms. The Morgan fingerprint density at radius 3 is 1.08 bits per heavy atom. The van der Waals surface area contributed by atoms with Gasteiger partial charge in [-0.25, -0.2) is 0 Å². The molecule has 0 spiro atoms. The molecule has 0 aromatic heterocycles. The molecular weight excluding hydrogens is 600 g/mol. The van der Waals surface area contributed by atoms with Gasteiger partial charge in [0.25, 0.3) is 0 Å². The maximum Gasteiger partial charge on any atom is 0.306 e. The highest BCUT2D eigenvalue weighted by Crippen LogP contribution is 2.16. The second kappa shape index (κ2) is 36.7. The summed E-state index contributed by atoms with van der Waals surface area (Å²) in [5.74, 6) is -0.0179. The summed E-state index contributed by atoms with van der Waals surface area (Å²) in [7, 11) is 0. The van der Waals surface area contributed by atoms with E-state index < -0.39 is 6.10 Å². The highest BCUT2D eigenvalue weighted by molar-refractivity contribution is 5.71. The molecule has 0 fully saturated rings. The zero-order valence-corrected chi connectivity index (χ0v) is 32.4. The average molecular weight is 681 g/mol. The molecule has 1 unspecified atom stereocenters. The zero-order valence-electron chi connectivity index (χ0n) is 32.4. The van der Waals surface area contributed by atoms with Crippen LogP contribution in [0.25, 0.3) is 0 Å². The van der Waals surface area contributed by atoms with Crippen LogP contribution in [0.5, 0.6) is 0 Å². The van der Waals surface area contributed by atoms with Gasteiger partial charge in [-0.1, -0.05) is 188 Å². The highest BCUT2D eigenvalue weighted by Gasteiger charge is 2.19. The lowest BCUT2D eigenvalue weighted by atomic mass is 9.99. The van der Waals surface area contributed by atoms with Crippen molar-refractivity contribution in [2.45, 2.75) is 233 Å². The van der Waals surface area contributed by atoms with E-state index in [9.17, 15) is 14.4 Å². The number of esters is 3. The van der Waals surface area contributed by atoms with Crippen molar-refractivity contribution in [1.29, 1.82) is 0 Å². The van der Waals surface area contributed by atoms with Crippen molar-refractivity contribution in [2.24, 2.45) is 5.92 Å². The Hall–Kier alpha value is -1.59. The lowest BCUT2D eigenvalue weighted by Crippen LogP contribution is -2.30. The summed E-state index contributed by atoms with van der Waals surface area (Å²) >= 11 is 0. The fourth-order valence-electron chi connectivity index (χ4n) is 6.06. The molecule has 0 aliphatic heterocycles. The van der Waals surface area contributed by atoms with Gasteiger partial charge >= 0.3 is 17.9 Å². The Bertz CT molecular complexity index is 723. The summed E-state index contributed by atoms with van der Waals surface area (Å²) in [4.78, 5) is 37.4. The SMILES string of the molecule is CCCCCCCCCCCC(=O)OC[C@H](COC(=O)CCCCCCCCCCC(C)CC)OC(=O)CCCCCCCCCCC. The van der Waals surface area contributed by atoms with Crippen LogP contribution in [0.15, 0.2) is 0 Å². The molecule has 0 amide bonds. The second-order valence-electron chi connectivity index (χ2n) is 14.5. The van der Waals surface area contributed by atoms with Gasteiger partial charge in [-0.05, 0) is 25.2 Å². The van der Waals surface area contributed by atoms with E-state index in [1.165, 1.54) is 122 Å². The minimum Gasteiger partial charge on any atom is -0.462 e. The van der Waals surface area contributed by atoms with Crippen molar-refractivity contribution in [3.63, 3.8) is 0 Å². The summed E-state index contributed by atoms with van der Waals surface area (Å²) in [5.41, 5.74) is 0. The fourth-order valence-corrected chi connectivity index (χ4v) is 6.06. The molecule has 0 bridgehead atoms. The van der Waals surface area contributed by atoms with Crippen LogP contribution in [0, 0.1) is 5.92 Å². The minimum atomic E-state index is -0.757. The van der Waals surface area contributed by atoms with E-state index in [0.717, 1.165) is 63.7 Å². The van der Waals surface area contributed by atoms with Gasteiger partial charge in [0.05, 0.1) is 0 Å². The van der Waals surface area contributed by atoms with E-state index in [4.69, 9.17) is 14.2 Å². The third-order valence-electron chi connectivity index (χ3n) is 9.65. The van der Waals surface area contributed by atoms with Crippen LogP contribution >= 0.6 is 0 Å². The molecule has 0 rings (SSSR count). The molecule has 2 atom stereocenters. The highest BCUT2D eigenvalue weighted by atomic mass is 16.6. The molecule has 48 heavy (non-hydrogen) atoms. The van der Waals surface area contributed by atoms with Crippen LogP contribution in [0.4, 0.5) is 0 Å². The minimum absolute atomic E-state index is 0.0651. The van der Waals surface area contributed by atoms with Crippen LogP contribution in [-0.2, 0) is 28.6 Å². The molecule has 0 heterocycles. The van der Waals surface area contributed by atoms with Gasteiger partial charge in [-0.3, -0.25) is 14.4 Å². The fraction of sp³-hybridized carbons (Fsp3) is 0.929. The molecule has 0 saturated carbocycles. The summed E-state index contributed by atoms with van der Waals surface area (Å²) in [6, 6.07) is 0. The number of rotatable bonds is 37. The molecular formula is C42H80O6. The topological polar surface area (TPSA) is 78.9 Å². The first-order valence-electron chi connectivity index (χ1n) is 20.9. The molecule has 0 aliphatic carbocycles. The van der Waals surface area contributed by atoms with E-state index in [1.807, 2.05) is 0 Å². The van der Waals surface area contributed by atoms with Crippen molar-refractivity contribution in [1.82, 2.24) is 0 Å². The van der Waals surface area contributed by atoms with Gasteiger partial charge < -0.3 is 14.2 Å². The van der Waals surface area contributed by atoms with Crippen molar-refractivity contribution < 1.29 is 28.6 Å². The van der Waals surface area contributed by atoms with Crippen LogP contribution < -0.4 is 0 Å². The normalized spacial score (nSPS) is 12.5. The van der Waals surface area contributed by atoms with Gasteiger partial charge in [-0.15, -0.1) is 0 Å². The van der Waals surface area contributed by atoms with Crippen LogP contribution in [0.3, 0.4) is 0 Å².